The lowest BCUT2D eigenvalue weighted by Gasteiger charge is -2.25. The minimum Gasteiger partial charge on any atom is -0.208 e. The van der Waals surface area contributed by atoms with Crippen LogP contribution in [0.15, 0.2) is 141 Å². The van der Waals surface area contributed by atoms with Crippen molar-refractivity contribution in [2.45, 2.75) is 38.5 Å². The van der Waals surface area contributed by atoms with Crippen LogP contribution in [0.1, 0.15) is 55.8 Å². The summed E-state index contributed by atoms with van der Waals surface area (Å²) in [6.07, 6.45) is 5.43. The number of fused-ring (bicyclic) bond motifs is 14. The van der Waals surface area contributed by atoms with Gasteiger partial charge in [0, 0.05) is 53.3 Å². The zero-order chi connectivity index (χ0) is 36.2. The zero-order valence-electron chi connectivity index (χ0n) is 30.3. The number of rotatable bonds is 5. The highest BCUT2D eigenvalue weighted by Crippen LogP contribution is 2.61. The lowest BCUT2D eigenvalue weighted by atomic mass is 9.77. The van der Waals surface area contributed by atoms with Crippen molar-refractivity contribution in [2.24, 2.45) is 0 Å². The fourth-order valence-electron chi connectivity index (χ4n) is 9.22. The molecule has 0 spiro atoms. The molecule has 2 aliphatic carbocycles. The first kappa shape index (κ1) is 31.7. The van der Waals surface area contributed by atoms with Crippen molar-refractivity contribution < 1.29 is 0 Å². The number of thiophene rings is 1. The third kappa shape index (κ3) is 4.30. The van der Waals surface area contributed by atoms with E-state index in [1.54, 1.807) is 12.2 Å². The Kier molecular flexibility index (Phi) is 6.75. The molecular formula is C49H37N3S. The van der Waals surface area contributed by atoms with Crippen LogP contribution >= 0.6 is 11.3 Å². The van der Waals surface area contributed by atoms with Crippen LogP contribution in [-0.2, 0) is 10.8 Å². The van der Waals surface area contributed by atoms with Crippen molar-refractivity contribution in [2.75, 3.05) is 0 Å². The third-order valence-corrected chi connectivity index (χ3v) is 12.9. The maximum atomic E-state index is 5.17. The Morgan fingerprint density at radius 2 is 1.23 bits per heavy atom. The summed E-state index contributed by atoms with van der Waals surface area (Å²) < 4.78 is 2.49. The van der Waals surface area contributed by atoms with E-state index in [0.29, 0.717) is 17.5 Å². The molecule has 0 N–H and O–H groups in total. The summed E-state index contributed by atoms with van der Waals surface area (Å²) in [7, 11) is 0. The monoisotopic (exact) mass is 699 g/mol. The van der Waals surface area contributed by atoms with Gasteiger partial charge >= 0.3 is 0 Å². The average Bonchev–Trinajstić information content (AvgIpc) is 3.77. The van der Waals surface area contributed by atoms with Gasteiger partial charge in [-0.3, -0.25) is 0 Å². The van der Waals surface area contributed by atoms with Gasteiger partial charge in [-0.1, -0.05) is 162 Å². The number of allylic oxidation sites excluding steroid dienone is 4. The molecule has 2 heterocycles. The average molecular weight is 700 g/mol. The molecule has 254 valence electrons. The van der Waals surface area contributed by atoms with Gasteiger partial charge in [0.15, 0.2) is 17.5 Å². The maximum absolute atomic E-state index is 5.17. The summed E-state index contributed by atoms with van der Waals surface area (Å²) in [6.45, 7) is 17.6. The van der Waals surface area contributed by atoms with Crippen molar-refractivity contribution in [1.82, 2.24) is 15.0 Å². The topological polar surface area (TPSA) is 38.7 Å². The van der Waals surface area contributed by atoms with Crippen LogP contribution < -0.4 is 0 Å². The van der Waals surface area contributed by atoms with E-state index in [2.05, 4.69) is 120 Å². The molecule has 2 aromatic heterocycles. The predicted octanol–water partition coefficient (Wildman–Crippen LogP) is 13.1. The second-order valence-corrected chi connectivity index (χ2v) is 16.2. The van der Waals surface area contributed by atoms with Gasteiger partial charge in [-0.2, -0.15) is 0 Å². The van der Waals surface area contributed by atoms with E-state index in [1.165, 1.54) is 75.5 Å². The van der Waals surface area contributed by atoms with Crippen molar-refractivity contribution in [1.29, 1.82) is 0 Å². The molecule has 8 aromatic rings. The standard InChI is InChI=1S/C49H37N3S/c1-7-17-28(8-2)45-50-46(29-18-10-9-11-19-29)52-47(51-45)34-23-16-22-33-40-39-32(26-27-37-38(39)30-20-12-14-24-35(30)48(37,3)4)42-41(44(40)53-43(33)34)31-21-13-15-25-36(31)49(42,5)6/h7-27H,1-2H2,3-6H3/b28-17+. The fraction of sp³-hybridized carbons (Fsp3) is 0.122. The van der Waals surface area contributed by atoms with E-state index < -0.39 is 0 Å². The number of nitrogens with zero attached hydrogens (tertiary/aromatic N) is 3. The Balaban J connectivity index is 1.38. The molecule has 3 nitrogen and oxygen atoms in total. The van der Waals surface area contributed by atoms with E-state index in [-0.39, 0.29) is 10.8 Å². The lowest BCUT2D eigenvalue weighted by molar-refractivity contribution is 0.660. The molecule has 0 saturated heterocycles. The van der Waals surface area contributed by atoms with Gasteiger partial charge in [0.25, 0.3) is 0 Å². The van der Waals surface area contributed by atoms with Crippen LogP contribution in [0.2, 0.25) is 0 Å². The van der Waals surface area contributed by atoms with E-state index in [9.17, 15) is 0 Å². The Morgan fingerprint density at radius 3 is 1.96 bits per heavy atom. The molecular weight excluding hydrogens is 663 g/mol. The van der Waals surface area contributed by atoms with Crippen LogP contribution in [0.25, 0.3) is 81.5 Å². The van der Waals surface area contributed by atoms with Crippen molar-refractivity contribution in [3.8, 4) is 45.0 Å². The lowest BCUT2D eigenvalue weighted by Crippen LogP contribution is -2.16. The molecule has 2 aliphatic rings. The first-order chi connectivity index (χ1) is 25.7. The number of hydrogen-bond donors (Lipinski definition) is 0. The van der Waals surface area contributed by atoms with Gasteiger partial charge in [-0.05, 0) is 55.8 Å². The zero-order valence-corrected chi connectivity index (χ0v) is 31.1. The van der Waals surface area contributed by atoms with E-state index >= 15 is 0 Å². The van der Waals surface area contributed by atoms with Gasteiger partial charge in [0.05, 0.1) is 0 Å². The molecule has 0 fully saturated rings. The largest absolute Gasteiger partial charge is 0.208 e. The summed E-state index contributed by atoms with van der Waals surface area (Å²) in [5, 5.41) is 5.22. The highest BCUT2D eigenvalue weighted by Gasteiger charge is 2.42. The van der Waals surface area contributed by atoms with Gasteiger partial charge in [-0.25, -0.2) is 15.0 Å². The first-order valence-electron chi connectivity index (χ1n) is 18.2. The summed E-state index contributed by atoms with van der Waals surface area (Å²) >= 11 is 1.87. The molecule has 10 rings (SSSR count). The van der Waals surface area contributed by atoms with Gasteiger partial charge in [0.1, 0.15) is 0 Å². The number of hydrogen-bond acceptors (Lipinski definition) is 4. The third-order valence-electron chi connectivity index (χ3n) is 11.6. The van der Waals surface area contributed by atoms with Gasteiger partial charge < -0.3 is 0 Å². The molecule has 0 saturated carbocycles. The first-order valence-corrected chi connectivity index (χ1v) is 19.0. The fourth-order valence-corrected chi connectivity index (χ4v) is 10.6. The molecule has 0 bridgehead atoms. The van der Waals surface area contributed by atoms with E-state index in [0.717, 1.165) is 16.7 Å². The second-order valence-electron chi connectivity index (χ2n) is 15.2. The summed E-state index contributed by atoms with van der Waals surface area (Å²) in [5.41, 5.74) is 13.4. The number of aromatic nitrogens is 3. The molecule has 0 amide bonds. The normalized spacial score (nSPS) is 15.0. The molecule has 0 aliphatic heterocycles. The highest BCUT2D eigenvalue weighted by atomic mass is 32.1. The molecule has 6 aromatic carbocycles. The van der Waals surface area contributed by atoms with E-state index in [4.69, 9.17) is 15.0 Å². The summed E-state index contributed by atoms with van der Waals surface area (Å²) in [4.78, 5) is 15.2. The molecule has 0 atom stereocenters. The molecule has 53 heavy (non-hydrogen) atoms. The Labute approximate surface area is 313 Å². The van der Waals surface area contributed by atoms with Crippen LogP contribution in [0, 0.1) is 0 Å². The van der Waals surface area contributed by atoms with Crippen molar-refractivity contribution >= 4 is 47.9 Å². The molecule has 0 unspecified atom stereocenters. The Bertz CT molecular complexity index is 2920. The Morgan fingerprint density at radius 1 is 0.566 bits per heavy atom. The second kappa shape index (κ2) is 11.3. The SMILES string of the molecule is C=C/C=C(\C=C)c1nc(-c2ccccc2)nc(-c2cccc3c2sc2c4c(c5ccc6c(c5c23)-c2ccccc2C6(C)C)C(C)(C)c2ccccc2-4)n1. The quantitative estimate of drug-likeness (QED) is 0.168. The Hall–Kier alpha value is -5.97. The summed E-state index contributed by atoms with van der Waals surface area (Å²) in [6, 6.07) is 39.6. The van der Waals surface area contributed by atoms with Crippen LogP contribution in [0.3, 0.4) is 0 Å². The number of benzene rings is 6. The smallest absolute Gasteiger partial charge is 0.165 e. The van der Waals surface area contributed by atoms with Crippen molar-refractivity contribution in [3.63, 3.8) is 0 Å². The minimum absolute atomic E-state index is 0.113. The van der Waals surface area contributed by atoms with Gasteiger partial charge in [-0.15, -0.1) is 11.3 Å². The van der Waals surface area contributed by atoms with Crippen LogP contribution in [0.4, 0.5) is 0 Å². The van der Waals surface area contributed by atoms with Crippen molar-refractivity contribution in [3.05, 3.63) is 169 Å². The van der Waals surface area contributed by atoms with E-state index in [1.807, 2.05) is 47.7 Å². The van der Waals surface area contributed by atoms with Crippen LogP contribution in [0.5, 0.6) is 0 Å². The van der Waals surface area contributed by atoms with Gasteiger partial charge in [0.2, 0.25) is 0 Å². The summed E-state index contributed by atoms with van der Waals surface area (Å²) in [5.74, 6) is 1.83. The maximum Gasteiger partial charge on any atom is 0.165 e. The highest BCUT2D eigenvalue weighted by molar-refractivity contribution is 7.27. The minimum atomic E-state index is -0.175. The molecule has 4 heteroatoms. The van der Waals surface area contributed by atoms with Crippen LogP contribution in [-0.4, -0.2) is 15.0 Å². The molecule has 0 radical (unpaired) electrons. The predicted molar refractivity (Wildman–Crippen MR) is 225 cm³/mol.